The molecule has 1 N–H and O–H groups in total. The zero-order valence-corrected chi connectivity index (χ0v) is 15.9. The first-order valence-corrected chi connectivity index (χ1v) is 9.53. The van der Waals surface area contributed by atoms with E-state index in [0.717, 1.165) is 21.7 Å². The molecule has 3 aromatic rings. The summed E-state index contributed by atoms with van der Waals surface area (Å²) in [5, 5.41) is 7.82. The van der Waals surface area contributed by atoms with Crippen molar-refractivity contribution < 1.29 is 9.59 Å². The number of nitrogens with zero attached hydrogens (tertiary/aromatic N) is 4. The van der Waals surface area contributed by atoms with Crippen molar-refractivity contribution in [3.63, 3.8) is 0 Å². The van der Waals surface area contributed by atoms with Gasteiger partial charge in [0.25, 0.3) is 5.95 Å². The van der Waals surface area contributed by atoms with Crippen LogP contribution in [0, 0.1) is 6.92 Å². The van der Waals surface area contributed by atoms with Crippen LogP contribution in [-0.2, 0) is 9.59 Å². The highest BCUT2D eigenvalue weighted by molar-refractivity contribution is 6.18. The lowest BCUT2D eigenvalue weighted by Gasteiger charge is -2.24. The highest BCUT2D eigenvalue weighted by Crippen LogP contribution is 2.34. The predicted octanol–water partition coefficient (Wildman–Crippen LogP) is 3.30. The SMILES string of the molecule is Cc1ccc(C2C=C(c3ccccc3)Nc3nc(N4C(=O)CCC4=O)nn32)cc1. The van der Waals surface area contributed by atoms with Crippen LogP contribution in [0.1, 0.15) is 35.6 Å². The first-order chi connectivity index (χ1) is 14.1. The Morgan fingerprint density at radius 2 is 1.66 bits per heavy atom. The molecule has 7 heteroatoms. The van der Waals surface area contributed by atoms with E-state index in [1.165, 1.54) is 5.56 Å². The number of amides is 2. The van der Waals surface area contributed by atoms with Gasteiger partial charge < -0.3 is 5.32 Å². The Labute approximate surface area is 167 Å². The van der Waals surface area contributed by atoms with E-state index in [9.17, 15) is 9.59 Å². The number of hydrogen-bond acceptors (Lipinski definition) is 5. The number of carbonyl (C=O) groups is 2. The minimum absolute atomic E-state index is 0.125. The van der Waals surface area contributed by atoms with Crippen LogP contribution in [0.25, 0.3) is 5.70 Å². The van der Waals surface area contributed by atoms with Gasteiger partial charge in [-0.3, -0.25) is 9.59 Å². The molecule has 0 aliphatic carbocycles. The molecule has 0 saturated carbocycles. The second-order valence-electron chi connectivity index (χ2n) is 7.23. The summed E-state index contributed by atoms with van der Waals surface area (Å²) in [6, 6.07) is 18.0. The molecule has 2 amide bonds. The van der Waals surface area contributed by atoms with Crippen molar-refractivity contribution in [3.8, 4) is 0 Å². The third-order valence-electron chi connectivity index (χ3n) is 5.21. The second-order valence-corrected chi connectivity index (χ2v) is 7.23. The number of carbonyl (C=O) groups excluding carboxylic acids is 2. The van der Waals surface area contributed by atoms with Crippen LogP contribution in [0.4, 0.5) is 11.9 Å². The average molecular weight is 385 g/mol. The molecule has 144 valence electrons. The van der Waals surface area contributed by atoms with Gasteiger partial charge in [0.1, 0.15) is 6.04 Å². The summed E-state index contributed by atoms with van der Waals surface area (Å²) in [4.78, 5) is 29.9. The number of imide groups is 1. The minimum Gasteiger partial charge on any atom is -0.324 e. The maximum Gasteiger partial charge on any atom is 0.260 e. The summed E-state index contributed by atoms with van der Waals surface area (Å²) in [6.45, 7) is 2.04. The number of fused-ring (bicyclic) bond motifs is 1. The number of aromatic nitrogens is 3. The highest BCUT2D eigenvalue weighted by Gasteiger charge is 2.35. The maximum absolute atomic E-state index is 12.2. The Balaban J connectivity index is 1.61. The van der Waals surface area contributed by atoms with Crippen molar-refractivity contribution >= 4 is 29.4 Å². The lowest BCUT2D eigenvalue weighted by atomic mass is 10.0. The molecule has 5 rings (SSSR count). The van der Waals surface area contributed by atoms with Gasteiger partial charge in [-0.2, -0.15) is 4.98 Å². The molecule has 29 heavy (non-hydrogen) atoms. The lowest BCUT2D eigenvalue weighted by Crippen LogP contribution is -2.29. The van der Waals surface area contributed by atoms with Crippen molar-refractivity contribution in [3.05, 3.63) is 77.4 Å². The zero-order chi connectivity index (χ0) is 20.0. The molecule has 0 spiro atoms. The molecule has 1 unspecified atom stereocenters. The van der Waals surface area contributed by atoms with Crippen molar-refractivity contribution in [2.75, 3.05) is 10.2 Å². The van der Waals surface area contributed by atoms with Gasteiger partial charge in [-0.15, -0.1) is 5.10 Å². The van der Waals surface area contributed by atoms with Crippen molar-refractivity contribution in [2.45, 2.75) is 25.8 Å². The fourth-order valence-corrected chi connectivity index (χ4v) is 3.66. The van der Waals surface area contributed by atoms with Crippen LogP contribution in [0.5, 0.6) is 0 Å². The van der Waals surface area contributed by atoms with Crippen LogP contribution >= 0.6 is 0 Å². The summed E-state index contributed by atoms with van der Waals surface area (Å²) < 4.78 is 1.73. The van der Waals surface area contributed by atoms with Gasteiger partial charge in [-0.1, -0.05) is 60.2 Å². The maximum atomic E-state index is 12.2. The zero-order valence-electron chi connectivity index (χ0n) is 15.9. The first kappa shape index (κ1) is 17.4. The Bertz CT molecular complexity index is 1120. The summed E-state index contributed by atoms with van der Waals surface area (Å²) in [5.41, 5.74) is 4.14. The van der Waals surface area contributed by atoms with E-state index in [4.69, 9.17) is 0 Å². The molecule has 0 radical (unpaired) electrons. The van der Waals surface area contributed by atoms with Crippen molar-refractivity contribution in [1.82, 2.24) is 14.8 Å². The number of benzene rings is 2. The molecule has 2 aliphatic rings. The predicted molar refractivity (Wildman–Crippen MR) is 109 cm³/mol. The lowest BCUT2D eigenvalue weighted by molar-refractivity contribution is -0.121. The fraction of sp³-hybridized carbons (Fsp3) is 0.182. The van der Waals surface area contributed by atoms with E-state index >= 15 is 0 Å². The topological polar surface area (TPSA) is 80.1 Å². The molecular formula is C22H19N5O2. The first-order valence-electron chi connectivity index (χ1n) is 9.53. The largest absolute Gasteiger partial charge is 0.324 e. The van der Waals surface area contributed by atoms with Gasteiger partial charge in [0.15, 0.2) is 0 Å². The molecule has 2 aromatic carbocycles. The number of hydrogen-bond donors (Lipinski definition) is 1. The summed E-state index contributed by atoms with van der Waals surface area (Å²) >= 11 is 0. The highest BCUT2D eigenvalue weighted by atomic mass is 16.2. The smallest absolute Gasteiger partial charge is 0.260 e. The van der Waals surface area contributed by atoms with E-state index in [-0.39, 0.29) is 36.6 Å². The molecule has 1 aromatic heterocycles. The van der Waals surface area contributed by atoms with Crippen LogP contribution in [0.2, 0.25) is 0 Å². The summed E-state index contributed by atoms with van der Waals surface area (Å²) in [5.74, 6) is 0.0985. The number of rotatable bonds is 3. The van der Waals surface area contributed by atoms with E-state index < -0.39 is 0 Å². The van der Waals surface area contributed by atoms with Gasteiger partial charge >= 0.3 is 0 Å². The van der Waals surface area contributed by atoms with Crippen LogP contribution < -0.4 is 10.2 Å². The minimum atomic E-state index is -0.263. The Hall–Kier alpha value is -3.74. The van der Waals surface area contributed by atoms with Gasteiger partial charge in [0.2, 0.25) is 17.8 Å². The third-order valence-corrected chi connectivity index (χ3v) is 5.21. The molecule has 1 saturated heterocycles. The van der Waals surface area contributed by atoms with Gasteiger partial charge in [-0.05, 0) is 24.1 Å². The van der Waals surface area contributed by atoms with Gasteiger partial charge in [0, 0.05) is 18.5 Å². The number of nitrogens with one attached hydrogen (secondary N) is 1. The van der Waals surface area contributed by atoms with Crippen molar-refractivity contribution in [1.29, 1.82) is 0 Å². The molecule has 3 heterocycles. The molecule has 1 atom stereocenters. The Morgan fingerprint density at radius 1 is 0.966 bits per heavy atom. The second kappa shape index (κ2) is 6.70. The van der Waals surface area contributed by atoms with Gasteiger partial charge in [-0.25, -0.2) is 9.58 Å². The monoisotopic (exact) mass is 385 g/mol. The normalized spacial score (nSPS) is 18.4. The number of allylic oxidation sites excluding steroid dienone is 1. The summed E-state index contributed by atoms with van der Waals surface area (Å²) in [6.07, 6.45) is 2.48. The average Bonchev–Trinajstić information content (AvgIpc) is 3.30. The van der Waals surface area contributed by atoms with Crippen molar-refractivity contribution in [2.24, 2.45) is 0 Å². The van der Waals surface area contributed by atoms with E-state index in [0.29, 0.717) is 5.95 Å². The van der Waals surface area contributed by atoms with Crippen LogP contribution in [-0.4, -0.2) is 26.6 Å². The Kier molecular flexibility index (Phi) is 4.01. The molecule has 2 aliphatic heterocycles. The van der Waals surface area contributed by atoms with Crippen LogP contribution in [0.15, 0.2) is 60.7 Å². The molecule has 1 fully saturated rings. The van der Waals surface area contributed by atoms with Gasteiger partial charge in [0.05, 0.1) is 0 Å². The standard InChI is InChI=1S/C22H19N5O2/c1-14-7-9-16(10-8-14)18-13-17(15-5-3-2-4-6-15)23-21-24-22(25-27(18)21)26-19(28)11-12-20(26)29/h2-10,13,18H,11-12H2,1H3,(H,23,24,25). The number of aryl methyl sites for hydroxylation is 1. The van der Waals surface area contributed by atoms with Crippen LogP contribution in [0.3, 0.4) is 0 Å². The quantitative estimate of drug-likeness (QED) is 0.700. The fourth-order valence-electron chi connectivity index (χ4n) is 3.66. The molecule has 0 bridgehead atoms. The number of anilines is 2. The summed E-state index contributed by atoms with van der Waals surface area (Å²) in [7, 11) is 0. The Morgan fingerprint density at radius 3 is 2.34 bits per heavy atom. The third kappa shape index (κ3) is 3.00. The van der Waals surface area contributed by atoms with E-state index in [1.54, 1.807) is 4.68 Å². The molecule has 7 nitrogen and oxygen atoms in total. The van der Waals surface area contributed by atoms with E-state index in [1.807, 2.05) is 37.3 Å². The van der Waals surface area contributed by atoms with E-state index in [2.05, 4.69) is 45.7 Å². The molecular weight excluding hydrogens is 366 g/mol.